The molecule has 0 aliphatic heterocycles. The largest absolute Gasteiger partial charge is 0.337 e. The summed E-state index contributed by atoms with van der Waals surface area (Å²) in [4.78, 5) is 28.8. The normalized spacial score (nSPS) is 11.8. The highest BCUT2D eigenvalue weighted by Gasteiger charge is 2.19. The predicted molar refractivity (Wildman–Crippen MR) is 107 cm³/mol. The molecule has 138 valence electrons. The van der Waals surface area contributed by atoms with Gasteiger partial charge in [-0.1, -0.05) is 50.3 Å². The molecule has 0 aliphatic carbocycles. The Labute approximate surface area is 158 Å². The van der Waals surface area contributed by atoms with Crippen LogP contribution in [0, 0.1) is 5.41 Å². The van der Waals surface area contributed by atoms with Gasteiger partial charge in [0.25, 0.3) is 0 Å². The fraction of sp³-hybridized carbons (Fsp3) is 0.227. The molecule has 1 amide bonds. The smallest absolute Gasteiger partial charge is 0.327 e. The Hall–Kier alpha value is -3.21. The monoisotopic (exact) mass is 361 g/mol. The van der Waals surface area contributed by atoms with Crippen LogP contribution in [-0.2, 0) is 0 Å². The number of ketones is 1. The predicted octanol–water partition coefficient (Wildman–Crippen LogP) is 4.45. The Morgan fingerprint density at radius 3 is 2.67 bits per heavy atom. The highest BCUT2D eigenvalue weighted by atomic mass is 16.2. The molecule has 3 rings (SSSR count). The molecule has 0 spiro atoms. The van der Waals surface area contributed by atoms with Crippen molar-refractivity contribution in [1.29, 1.82) is 0 Å². The van der Waals surface area contributed by atoms with Crippen molar-refractivity contribution in [2.24, 2.45) is 5.41 Å². The number of carbonyl (C=O) groups is 2. The standard InChI is InChI=1S/C22H23N3O2/c1-22(2,13-6-11-19(26)17-8-4-3-5-9-17)16-24-21(27)25-15-12-18-10-7-14-23-20(18)25/h3-12,14-15H,13,16H2,1-2H3,(H,24,27)/b11-6+. The molecule has 0 bridgehead atoms. The number of pyridine rings is 1. The topological polar surface area (TPSA) is 64.0 Å². The van der Waals surface area contributed by atoms with E-state index >= 15 is 0 Å². The maximum Gasteiger partial charge on any atom is 0.327 e. The summed E-state index contributed by atoms with van der Waals surface area (Å²) in [6.07, 6.45) is 7.54. The Morgan fingerprint density at radius 2 is 1.89 bits per heavy atom. The minimum absolute atomic E-state index is 0.0136. The number of benzene rings is 1. The van der Waals surface area contributed by atoms with Crippen LogP contribution in [0.15, 0.2) is 73.1 Å². The summed E-state index contributed by atoms with van der Waals surface area (Å²) in [7, 11) is 0. The Morgan fingerprint density at radius 1 is 1.11 bits per heavy atom. The van der Waals surface area contributed by atoms with Crippen LogP contribution in [0.4, 0.5) is 4.79 Å². The van der Waals surface area contributed by atoms with Crippen molar-refractivity contribution >= 4 is 22.8 Å². The molecule has 0 radical (unpaired) electrons. The summed E-state index contributed by atoms with van der Waals surface area (Å²) in [6.45, 7) is 4.59. The molecule has 2 aromatic heterocycles. The van der Waals surface area contributed by atoms with Crippen LogP contribution in [0.5, 0.6) is 0 Å². The molecule has 0 unspecified atom stereocenters. The van der Waals surface area contributed by atoms with Crippen LogP contribution in [0.3, 0.4) is 0 Å². The zero-order chi connectivity index (χ0) is 19.3. The molecule has 0 aliphatic rings. The van der Waals surface area contributed by atoms with Gasteiger partial charge in [0.1, 0.15) is 5.65 Å². The Kier molecular flexibility index (Phi) is 5.50. The number of nitrogens with zero attached hydrogens (tertiary/aromatic N) is 2. The molecule has 0 fully saturated rings. The van der Waals surface area contributed by atoms with E-state index in [2.05, 4.69) is 24.1 Å². The highest BCUT2D eigenvalue weighted by Crippen LogP contribution is 2.20. The van der Waals surface area contributed by atoms with E-state index in [4.69, 9.17) is 0 Å². The summed E-state index contributed by atoms with van der Waals surface area (Å²) in [5.74, 6) is -0.0136. The van der Waals surface area contributed by atoms with E-state index in [1.807, 2.05) is 42.5 Å². The molecule has 5 nitrogen and oxygen atoms in total. The lowest BCUT2D eigenvalue weighted by molar-refractivity contribution is 0.104. The highest BCUT2D eigenvalue weighted by molar-refractivity contribution is 6.04. The van der Waals surface area contributed by atoms with Gasteiger partial charge in [-0.2, -0.15) is 0 Å². The SMILES string of the molecule is CC(C)(C/C=C/C(=O)c1ccccc1)CNC(=O)n1ccc2cccnc21. The maximum absolute atomic E-state index is 12.5. The van der Waals surface area contributed by atoms with E-state index in [9.17, 15) is 9.59 Å². The molecule has 5 heteroatoms. The van der Waals surface area contributed by atoms with Crippen LogP contribution in [-0.4, -0.2) is 27.9 Å². The van der Waals surface area contributed by atoms with Crippen LogP contribution >= 0.6 is 0 Å². The Bertz CT molecular complexity index is 971. The van der Waals surface area contributed by atoms with Gasteiger partial charge in [0, 0.05) is 29.9 Å². The number of hydrogen-bond donors (Lipinski definition) is 1. The van der Waals surface area contributed by atoms with Gasteiger partial charge in [-0.3, -0.25) is 9.36 Å². The number of rotatable bonds is 6. The second kappa shape index (κ2) is 7.99. The number of fused-ring (bicyclic) bond motifs is 1. The first-order chi connectivity index (χ1) is 13.0. The Balaban J connectivity index is 1.56. The zero-order valence-electron chi connectivity index (χ0n) is 15.6. The van der Waals surface area contributed by atoms with Crippen molar-refractivity contribution < 1.29 is 9.59 Å². The molecule has 1 N–H and O–H groups in total. The number of carbonyl (C=O) groups excluding carboxylic acids is 2. The van der Waals surface area contributed by atoms with E-state index in [0.717, 1.165) is 5.39 Å². The van der Waals surface area contributed by atoms with Crippen molar-refractivity contribution in [3.05, 3.63) is 78.6 Å². The second-order valence-corrected chi connectivity index (χ2v) is 7.26. The second-order valence-electron chi connectivity index (χ2n) is 7.26. The number of hydrogen-bond acceptors (Lipinski definition) is 3. The third kappa shape index (κ3) is 4.70. The molecular formula is C22H23N3O2. The summed E-state index contributed by atoms with van der Waals surface area (Å²) in [5.41, 5.74) is 1.13. The zero-order valence-corrected chi connectivity index (χ0v) is 15.6. The summed E-state index contributed by atoms with van der Waals surface area (Å²) < 4.78 is 1.51. The van der Waals surface area contributed by atoms with Gasteiger partial charge < -0.3 is 5.32 Å². The van der Waals surface area contributed by atoms with Crippen LogP contribution in [0.1, 0.15) is 30.6 Å². The average Bonchev–Trinajstić information content (AvgIpc) is 3.11. The summed E-state index contributed by atoms with van der Waals surface area (Å²) in [6, 6.07) is 14.6. The minimum Gasteiger partial charge on any atom is -0.337 e. The van der Waals surface area contributed by atoms with Crippen molar-refractivity contribution in [1.82, 2.24) is 14.9 Å². The van der Waals surface area contributed by atoms with Gasteiger partial charge >= 0.3 is 6.03 Å². The van der Waals surface area contributed by atoms with Gasteiger partial charge in [-0.25, -0.2) is 9.78 Å². The lowest BCUT2D eigenvalue weighted by atomic mass is 9.89. The van der Waals surface area contributed by atoms with E-state index in [1.165, 1.54) is 4.57 Å². The number of nitrogens with one attached hydrogen (secondary N) is 1. The maximum atomic E-state index is 12.5. The third-order valence-corrected chi connectivity index (χ3v) is 4.38. The molecule has 1 aromatic carbocycles. The van der Waals surface area contributed by atoms with Crippen LogP contribution in [0.25, 0.3) is 11.0 Å². The van der Waals surface area contributed by atoms with Crippen LogP contribution < -0.4 is 5.32 Å². The quantitative estimate of drug-likeness (QED) is 0.521. The van der Waals surface area contributed by atoms with Gasteiger partial charge in [0.2, 0.25) is 0 Å². The number of allylic oxidation sites excluding steroid dienone is 2. The molecular weight excluding hydrogens is 338 g/mol. The van der Waals surface area contributed by atoms with E-state index in [1.54, 1.807) is 30.6 Å². The van der Waals surface area contributed by atoms with Gasteiger partial charge in [-0.05, 0) is 36.1 Å². The first kappa shape index (κ1) is 18.6. The van der Waals surface area contributed by atoms with E-state index < -0.39 is 0 Å². The molecule has 0 saturated carbocycles. The molecule has 0 atom stereocenters. The lowest BCUT2D eigenvalue weighted by Crippen LogP contribution is -2.36. The van der Waals surface area contributed by atoms with E-state index in [0.29, 0.717) is 24.2 Å². The van der Waals surface area contributed by atoms with Gasteiger partial charge in [0.05, 0.1) is 0 Å². The fourth-order valence-corrected chi connectivity index (χ4v) is 2.79. The average molecular weight is 361 g/mol. The van der Waals surface area contributed by atoms with Gasteiger partial charge in [0.15, 0.2) is 5.78 Å². The van der Waals surface area contributed by atoms with E-state index in [-0.39, 0.29) is 17.2 Å². The van der Waals surface area contributed by atoms with Crippen molar-refractivity contribution in [3.8, 4) is 0 Å². The van der Waals surface area contributed by atoms with Gasteiger partial charge in [-0.15, -0.1) is 0 Å². The third-order valence-electron chi connectivity index (χ3n) is 4.38. The van der Waals surface area contributed by atoms with Crippen molar-refractivity contribution in [3.63, 3.8) is 0 Å². The number of aromatic nitrogens is 2. The lowest BCUT2D eigenvalue weighted by Gasteiger charge is -2.23. The van der Waals surface area contributed by atoms with Crippen molar-refractivity contribution in [2.75, 3.05) is 6.54 Å². The summed E-state index contributed by atoms with van der Waals surface area (Å²) in [5, 5.41) is 3.88. The summed E-state index contributed by atoms with van der Waals surface area (Å²) >= 11 is 0. The van der Waals surface area contributed by atoms with Crippen LogP contribution in [0.2, 0.25) is 0 Å². The first-order valence-corrected chi connectivity index (χ1v) is 8.92. The minimum atomic E-state index is -0.207. The van der Waals surface area contributed by atoms with Crippen molar-refractivity contribution in [2.45, 2.75) is 20.3 Å². The fourth-order valence-electron chi connectivity index (χ4n) is 2.79. The molecule has 27 heavy (non-hydrogen) atoms. The molecule has 2 heterocycles. The molecule has 3 aromatic rings. The molecule has 0 saturated heterocycles. The number of amides is 1. The first-order valence-electron chi connectivity index (χ1n) is 8.92.